The zero-order valence-corrected chi connectivity index (χ0v) is 11.0. The SMILES string of the molecule is CCC(CC)N(CC(C)C)C(C)CC#N. The Morgan fingerprint density at radius 1 is 1.13 bits per heavy atom. The van der Waals surface area contributed by atoms with E-state index < -0.39 is 0 Å². The van der Waals surface area contributed by atoms with Crippen molar-refractivity contribution in [3.05, 3.63) is 0 Å². The standard InChI is InChI=1S/C13H26N2/c1-6-13(7-2)15(10-11(3)4)12(5)8-9-14/h11-13H,6-8,10H2,1-5H3. The van der Waals surface area contributed by atoms with Gasteiger partial charge in [-0.3, -0.25) is 4.90 Å². The minimum atomic E-state index is 0.391. The average Bonchev–Trinajstić information content (AvgIpc) is 2.18. The molecule has 0 radical (unpaired) electrons. The van der Waals surface area contributed by atoms with Crippen LogP contribution < -0.4 is 0 Å². The Labute approximate surface area is 95.3 Å². The number of nitrogens with zero attached hydrogens (tertiary/aromatic N) is 2. The van der Waals surface area contributed by atoms with E-state index in [-0.39, 0.29) is 0 Å². The van der Waals surface area contributed by atoms with Crippen LogP contribution in [0, 0.1) is 17.2 Å². The molecule has 0 saturated carbocycles. The van der Waals surface area contributed by atoms with Crippen LogP contribution in [-0.2, 0) is 0 Å². The molecule has 0 rings (SSSR count). The highest BCUT2D eigenvalue weighted by Crippen LogP contribution is 2.16. The van der Waals surface area contributed by atoms with Gasteiger partial charge < -0.3 is 0 Å². The molecule has 0 aromatic rings. The molecule has 0 N–H and O–H groups in total. The first-order chi connectivity index (χ1) is 7.06. The lowest BCUT2D eigenvalue weighted by atomic mass is 10.0. The van der Waals surface area contributed by atoms with Crippen molar-refractivity contribution < 1.29 is 0 Å². The zero-order valence-electron chi connectivity index (χ0n) is 11.0. The summed E-state index contributed by atoms with van der Waals surface area (Å²) >= 11 is 0. The molecule has 0 aliphatic heterocycles. The molecule has 0 aromatic carbocycles. The third-order valence-electron chi connectivity index (χ3n) is 2.94. The molecule has 15 heavy (non-hydrogen) atoms. The zero-order chi connectivity index (χ0) is 11.8. The maximum atomic E-state index is 8.77. The summed E-state index contributed by atoms with van der Waals surface area (Å²) in [5, 5.41) is 8.77. The molecule has 0 aliphatic carbocycles. The topological polar surface area (TPSA) is 27.0 Å². The van der Waals surface area contributed by atoms with Gasteiger partial charge in [-0.15, -0.1) is 0 Å². The molecule has 0 aromatic heterocycles. The molecule has 0 heterocycles. The van der Waals surface area contributed by atoms with Crippen molar-refractivity contribution >= 4 is 0 Å². The summed E-state index contributed by atoms with van der Waals surface area (Å²) in [6.45, 7) is 12.2. The molecule has 0 aliphatic rings. The Kier molecular flexibility index (Phi) is 7.42. The number of hydrogen-bond donors (Lipinski definition) is 0. The lowest BCUT2D eigenvalue weighted by Gasteiger charge is -2.36. The lowest BCUT2D eigenvalue weighted by Crippen LogP contribution is -2.43. The molecule has 0 bridgehead atoms. The fourth-order valence-electron chi connectivity index (χ4n) is 2.12. The van der Waals surface area contributed by atoms with Crippen LogP contribution in [0.4, 0.5) is 0 Å². The molecular formula is C13H26N2. The molecular weight excluding hydrogens is 184 g/mol. The summed E-state index contributed by atoms with van der Waals surface area (Å²) < 4.78 is 0. The molecule has 88 valence electrons. The first-order valence-electron chi connectivity index (χ1n) is 6.19. The van der Waals surface area contributed by atoms with Gasteiger partial charge >= 0.3 is 0 Å². The van der Waals surface area contributed by atoms with Crippen LogP contribution in [0.15, 0.2) is 0 Å². The summed E-state index contributed by atoms with van der Waals surface area (Å²) in [6.07, 6.45) is 3.00. The fourth-order valence-corrected chi connectivity index (χ4v) is 2.12. The van der Waals surface area contributed by atoms with E-state index in [1.165, 1.54) is 12.8 Å². The van der Waals surface area contributed by atoms with Crippen molar-refractivity contribution in [2.75, 3.05) is 6.54 Å². The predicted molar refractivity (Wildman–Crippen MR) is 65.6 cm³/mol. The van der Waals surface area contributed by atoms with Crippen LogP contribution in [0.25, 0.3) is 0 Å². The van der Waals surface area contributed by atoms with Gasteiger partial charge in [-0.2, -0.15) is 5.26 Å². The number of rotatable bonds is 7. The van der Waals surface area contributed by atoms with Crippen molar-refractivity contribution in [1.29, 1.82) is 5.26 Å². The Hall–Kier alpha value is -0.550. The maximum Gasteiger partial charge on any atom is 0.0638 e. The van der Waals surface area contributed by atoms with Gasteiger partial charge in [-0.05, 0) is 25.7 Å². The van der Waals surface area contributed by atoms with Crippen LogP contribution in [0.1, 0.15) is 53.9 Å². The minimum absolute atomic E-state index is 0.391. The second kappa shape index (κ2) is 7.70. The van der Waals surface area contributed by atoms with E-state index >= 15 is 0 Å². The normalized spacial score (nSPS) is 13.5. The maximum absolute atomic E-state index is 8.77. The van der Waals surface area contributed by atoms with Gasteiger partial charge in [-0.25, -0.2) is 0 Å². The van der Waals surface area contributed by atoms with Gasteiger partial charge in [0.2, 0.25) is 0 Å². The van der Waals surface area contributed by atoms with Gasteiger partial charge in [0.15, 0.2) is 0 Å². The van der Waals surface area contributed by atoms with Crippen LogP contribution in [-0.4, -0.2) is 23.5 Å². The number of hydrogen-bond acceptors (Lipinski definition) is 2. The van der Waals surface area contributed by atoms with E-state index in [1.807, 2.05) is 0 Å². The van der Waals surface area contributed by atoms with Gasteiger partial charge in [0.25, 0.3) is 0 Å². The lowest BCUT2D eigenvalue weighted by molar-refractivity contribution is 0.120. The van der Waals surface area contributed by atoms with E-state index in [2.05, 4.69) is 45.6 Å². The average molecular weight is 210 g/mol. The predicted octanol–water partition coefficient (Wildman–Crippen LogP) is 3.44. The quantitative estimate of drug-likeness (QED) is 0.643. The van der Waals surface area contributed by atoms with E-state index in [0.717, 1.165) is 6.54 Å². The first-order valence-corrected chi connectivity index (χ1v) is 6.19. The first kappa shape index (κ1) is 14.5. The van der Waals surface area contributed by atoms with Crippen molar-refractivity contribution in [2.24, 2.45) is 5.92 Å². The molecule has 0 amide bonds. The summed E-state index contributed by atoms with van der Waals surface area (Å²) in [5.74, 6) is 0.673. The van der Waals surface area contributed by atoms with Crippen LogP contribution in [0.2, 0.25) is 0 Å². The Morgan fingerprint density at radius 3 is 2.00 bits per heavy atom. The van der Waals surface area contributed by atoms with Crippen molar-refractivity contribution in [1.82, 2.24) is 4.90 Å². The van der Waals surface area contributed by atoms with E-state index in [0.29, 0.717) is 24.4 Å². The molecule has 0 saturated heterocycles. The van der Waals surface area contributed by atoms with E-state index in [1.54, 1.807) is 0 Å². The van der Waals surface area contributed by atoms with Crippen molar-refractivity contribution in [2.45, 2.75) is 66.0 Å². The van der Waals surface area contributed by atoms with E-state index in [9.17, 15) is 0 Å². The molecule has 0 fully saturated rings. The second-order valence-electron chi connectivity index (χ2n) is 4.77. The summed E-state index contributed by atoms with van der Waals surface area (Å²) in [6, 6.07) is 3.31. The monoisotopic (exact) mass is 210 g/mol. The van der Waals surface area contributed by atoms with Crippen molar-refractivity contribution in [3.8, 4) is 6.07 Å². The number of nitriles is 1. The van der Waals surface area contributed by atoms with Crippen LogP contribution in [0.5, 0.6) is 0 Å². The summed E-state index contributed by atoms with van der Waals surface area (Å²) in [7, 11) is 0. The Bertz CT molecular complexity index is 189. The third kappa shape index (κ3) is 5.18. The van der Waals surface area contributed by atoms with Crippen LogP contribution >= 0.6 is 0 Å². The Balaban J connectivity index is 4.48. The largest absolute Gasteiger partial charge is 0.296 e. The molecule has 1 unspecified atom stereocenters. The van der Waals surface area contributed by atoms with Crippen molar-refractivity contribution in [3.63, 3.8) is 0 Å². The third-order valence-corrected chi connectivity index (χ3v) is 2.94. The van der Waals surface area contributed by atoms with Gasteiger partial charge in [0.05, 0.1) is 12.5 Å². The second-order valence-corrected chi connectivity index (χ2v) is 4.77. The van der Waals surface area contributed by atoms with E-state index in [4.69, 9.17) is 5.26 Å². The van der Waals surface area contributed by atoms with Gasteiger partial charge in [-0.1, -0.05) is 27.7 Å². The minimum Gasteiger partial charge on any atom is -0.296 e. The molecule has 1 atom stereocenters. The summed E-state index contributed by atoms with van der Waals surface area (Å²) in [4.78, 5) is 2.51. The Morgan fingerprint density at radius 2 is 1.67 bits per heavy atom. The molecule has 2 heteroatoms. The fraction of sp³-hybridized carbons (Fsp3) is 0.923. The summed E-state index contributed by atoms with van der Waals surface area (Å²) in [5.41, 5.74) is 0. The smallest absolute Gasteiger partial charge is 0.0638 e. The highest BCUT2D eigenvalue weighted by Gasteiger charge is 2.21. The highest BCUT2D eigenvalue weighted by atomic mass is 15.2. The highest BCUT2D eigenvalue weighted by molar-refractivity contribution is 4.83. The van der Waals surface area contributed by atoms with Gasteiger partial charge in [0, 0.05) is 18.6 Å². The molecule has 2 nitrogen and oxygen atoms in total. The molecule has 0 spiro atoms. The van der Waals surface area contributed by atoms with Gasteiger partial charge in [0.1, 0.15) is 0 Å². The van der Waals surface area contributed by atoms with Crippen LogP contribution in [0.3, 0.4) is 0 Å².